The summed E-state index contributed by atoms with van der Waals surface area (Å²) in [6.07, 6.45) is 3.20. The molecule has 36 heavy (non-hydrogen) atoms. The van der Waals surface area contributed by atoms with Crippen molar-refractivity contribution in [1.29, 1.82) is 0 Å². The summed E-state index contributed by atoms with van der Waals surface area (Å²) >= 11 is 0. The summed E-state index contributed by atoms with van der Waals surface area (Å²) < 4.78 is 0. The third kappa shape index (κ3) is 5.30. The smallest absolute Gasteiger partial charge is 0.274 e. The van der Waals surface area contributed by atoms with Gasteiger partial charge in [0.05, 0.1) is 0 Å². The Kier molecular flexibility index (Phi) is 7.48. The van der Waals surface area contributed by atoms with Gasteiger partial charge in [-0.15, -0.1) is 0 Å². The molecule has 0 aliphatic rings. The van der Waals surface area contributed by atoms with Gasteiger partial charge < -0.3 is 22.1 Å². The zero-order valence-corrected chi connectivity index (χ0v) is 20.2. The Labute approximate surface area is 209 Å². The van der Waals surface area contributed by atoms with Gasteiger partial charge in [0.15, 0.2) is 0 Å². The molecule has 2 aromatic heterocycles. The molecule has 0 radical (unpaired) electrons. The summed E-state index contributed by atoms with van der Waals surface area (Å²) in [6, 6.07) is 18.3. The van der Waals surface area contributed by atoms with Gasteiger partial charge in [-0.1, -0.05) is 36.4 Å². The molecule has 0 atom stereocenters. The lowest BCUT2D eigenvalue weighted by atomic mass is 9.94. The normalized spacial score (nSPS) is 10.7. The molecule has 4 rings (SSSR count). The Morgan fingerprint density at radius 1 is 0.667 bits per heavy atom. The zero-order chi connectivity index (χ0) is 25.7. The number of hydrogen-bond acceptors (Lipinski definition) is 6. The number of benzene rings is 2. The van der Waals surface area contributed by atoms with Crippen molar-refractivity contribution >= 4 is 23.2 Å². The summed E-state index contributed by atoms with van der Waals surface area (Å²) in [5, 5.41) is 5.90. The van der Waals surface area contributed by atoms with E-state index in [1.807, 2.05) is 50.2 Å². The Morgan fingerprint density at radius 2 is 1.08 bits per heavy atom. The van der Waals surface area contributed by atoms with Gasteiger partial charge in [-0.2, -0.15) is 0 Å². The van der Waals surface area contributed by atoms with Crippen LogP contribution in [0.3, 0.4) is 0 Å². The first-order chi connectivity index (χ1) is 17.4. The fourth-order valence-corrected chi connectivity index (χ4v) is 3.86. The Balaban J connectivity index is 1.58. The Morgan fingerprint density at radius 3 is 1.42 bits per heavy atom. The standard InChI is InChI=1S/C28H28N6O2/c1-17-21(5-3-7-23(17)33-27(35)25-11-9-19(13-29)15-31-25)22-6-4-8-24(18(22)2)34-28(36)26-12-10-20(14-30)16-32-26/h3-12,15-16H,13-14,29-30H2,1-2H3,(H,33,35)(H,34,36). The van der Waals surface area contributed by atoms with Crippen LogP contribution in [0.5, 0.6) is 0 Å². The minimum Gasteiger partial charge on any atom is -0.326 e. The van der Waals surface area contributed by atoms with E-state index in [4.69, 9.17) is 11.5 Å². The van der Waals surface area contributed by atoms with Crippen molar-refractivity contribution in [3.63, 3.8) is 0 Å². The van der Waals surface area contributed by atoms with Crippen molar-refractivity contribution in [3.05, 3.63) is 107 Å². The number of nitrogens with one attached hydrogen (secondary N) is 2. The van der Waals surface area contributed by atoms with Crippen LogP contribution in [0.25, 0.3) is 11.1 Å². The van der Waals surface area contributed by atoms with Crippen LogP contribution in [0.2, 0.25) is 0 Å². The number of pyridine rings is 2. The van der Waals surface area contributed by atoms with Gasteiger partial charge in [0.1, 0.15) is 11.4 Å². The Bertz CT molecular complexity index is 1290. The summed E-state index contributed by atoms with van der Waals surface area (Å²) in [4.78, 5) is 33.9. The molecule has 0 fully saturated rings. The number of rotatable bonds is 7. The van der Waals surface area contributed by atoms with E-state index < -0.39 is 0 Å². The van der Waals surface area contributed by atoms with E-state index in [2.05, 4.69) is 20.6 Å². The predicted molar refractivity (Wildman–Crippen MR) is 142 cm³/mol. The largest absolute Gasteiger partial charge is 0.326 e. The van der Waals surface area contributed by atoms with Gasteiger partial charge in [0, 0.05) is 36.9 Å². The lowest BCUT2D eigenvalue weighted by molar-refractivity contribution is 0.101. The van der Waals surface area contributed by atoms with E-state index in [-0.39, 0.29) is 11.8 Å². The first kappa shape index (κ1) is 24.7. The average Bonchev–Trinajstić information content (AvgIpc) is 2.91. The molecule has 8 heteroatoms. The van der Waals surface area contributed by atoms with Crippen LogP contribution in [0.1, 0.15) is 43.2 Å². The van der Waals surface area contributed by atoms with Crippen molar-refractivity contribution in [2.24, 2.45) is 11.5 Å². The topological polar surface area (TPSA) is 136 Å². The minimum absolute atomic E-state index is 0.301. The molecule has 0 aliphatic heterocycles. The SMILES string of the molecule is Cc1c(NC(=O)c2ccc(CN)cn2)cccc1-c1cccc(NC(=O)c2ccc(CN)cn2)c1C. The monoisotopic (exact) mass is 480 g/mol. The van der Waals surface area contributed by atoms with Crippen LogP contribution >= 0.6 is 0 Å². The average molecular weight is 481 g/mol. The minimum atomic E-state index is -0.301. The first-order valence-electron chi connectivity index (χ1n) is 11.5. The van der Waals surface area contributed by atoms with Gasteiger partial charge >= 0.3 is 0 Å². The van der Waals surface area contributed by atoms with Gasteiger partial charge in [0.25, 0.3) is 11.8 Å². The van der Waals surface area contributed by atoms with Gasteiger partial charge in [-0.3, -0.25) is 19.6 Å². The maximum absolute atomic E-state index is 12.8. The lowest BCUT2D eigenvalue weighted by Gasteiger charge is -2.17. The Hall–Kier alpha value is -4.40. The molecule has 2 amide bonds. The van der Waals surface area contributed by atoms with Crippen molar-refractivity contribution in [1.82, 2.24) is 9.97 Å². The number of aromatic nitrogens is 2. The molecule has 0 bridgehead atoms. The highest BCUT2D eigenvalue weighted by Crippen LogP contribution is 2.34. The number of nitrogens with zero attached hydrogens (tertiary/aromatic N) is 2. The van der Waals surface area contributed by atoms with E-state index in [9.17, 15) is 9.59 Å². The van der Waals surface area contributed by atoms with E-state index >= 15 is 0 Å². The van der Waals surface area contributed by atoms with Crippen molar-refractivity contribution < 1.29 is 9.59 Å². The fraction of sp³-hybridized carbons (Fsp3) is 0.143. The summed E-state index contributed by atoms with van der Waals surface area (Å²) in [5.74, 6) is -0.602. The second kappa shape index (κ2) is 10.9. The molecule has 0 spiro atoms. The molecular weight excluding hydrogens is 452 g/mol. The highest BCUT2D eigenvalue weighted by Gasteiger charge is 2.15. The summed E-state index contributed by atoms with van der Waals surface area (Å²) in [5.41, 5.74) is 18.6. The maximum Gasteiger partial charge on any atom is 0.274 e. The molecule has 4 aromatic rings. The van der Waals surface area contributed by atoms with E-state index in [0.717, 1.165) is 33.4 Å². The van der Waals surface area contributed by atoms with Crippen LogP contribution in [0, 0.1) is 13.8 Å². The fourth-order valence-electron chi connectivity index (χ4n) is 3.86. The molecular formula is C28H28N6O2. The van der Waals surface area contributed by atoms with Gasteiger partial charge in [0.2, 0.25) is 0 Å². The number of carbonyl (C=O) groups is 2. The highest BCUT2D eigenvalue weighted by atomic mass is 16.2. The maximum atomic E-state index is 12.8. The zero-order valence-electron chi connectivity index (χ0n) is 20.2. The first-order valence-corrected chi connectivity index (χ1v) is 11.5. The van der Waals surface area contributed by atoms with Crippen LogP contribution in [0.4, 0.5) is 11.4 Å². The molecule has 0 unspecified atom stereocenters. The third-order valence-corrected chi connectivity index (χ3v) is 6.04. The van der Waals surface area contributed by atoms with Crippen molar-refractivity contribution in [3.8, 4) is 11.1 Å². The second-order valence-electron chi connectivity index (χ2n) is 8.38. The molecule has 182 valence electrons. The second-order valence-corrected chi connectivity index (χ2v) is 8.38. The van der Waals surface area contributed by atoms with E-state index in [1.165, 1.54) is 0 Å². The van der Waals surface area contributed by atoms with Crippen LogP contribution in [0.15, 0.2) is 73.1 Å². The molecule has 8 nitrogen and oxygen atoms in total. The van der Waals surface area contributed by atoms with Crippen molar-refractivity contribution in [2.75, 3.05) is 10.6 Å². The number of carbonyl (C=O) groups excluding carboxylic acids is 2. The number of anilines is 2. The van der Waals surface area contributed by atoms with Crippen LogP contribution < -0.4 is 22.1 Å². The number of hydrogen-bond donors (Lipinski definition) is 4. The van der Waals surface area contributed by atoms with Gasteiger partial charge in [-0.25, -0.2) is 0 Å². The molecule has 0 saturated heterocycles. The van der Waals surface area contributed by atoms with E-state index in [0.29, 0.717) is 35.9 Å². The molecule has 6 N–H and O–H groups in total. The molecule has 0 aliphatic carbocycles. The quantitative estimate of drug-likeness (QED) is 0.313. The van der Waals surface area contributed by atoms with Crippen molar-refractivity contribution in [2.45, 2.75) is 26.9 Å². The summed E-state index contributed by atoms with van der Waals surface area (Å²) in [6.45, 7) is 4.63. The van der Waals surface area contributed by atoms with Gasteiger partial charge in [-0.05, 0) is 71.5 Å². The lowest BCUT2D eigenvalue weighted by Crippen LogP contribution is -2.15. The predicted octanol–water partition coefficient (Wildman–Crippen LogP) is 4.18. The number of amides is 2. The number of nitrogens with two attached hydrogens (primary N) is 2. The third-order valence-electron chi connectivity index (χ3n) is 6.04. The molecule has 2 aromatic carbocycles. The van der Waals surface area contributed by atoms with Crippen LogP contribution in [-0.4, -0.2) is 21.8 Å². The highest BCUT2D eigenvalue weighted by molar-refractivity contribution is 6.05. The summed E-state index contributed by atoms with van der Waals surface area (Å²) in [7, 11) is 0. The molecule has 2 heterocycles. The van der Waals surface area contributed by atoms with Crippen LogP contribution in [-0.2, 0) is 13.1 Å². The van der Waals surface area contributed by atoms with E-state index in [1.54, 1.807) is 36.7 Å². The molecule has 0 saturated carbocycles.